The van der Waals surface area contributed by atoms with E-state index in [1.807, 2.05) is 12.1 Å². The van der Waals surface area contributed by atoms with E-state index in [2.05, 4.69) is 5.32 Å². The summed E-state index contributed by atoms with van der Waals surface area (Å²) in [5.41, 5.74) is 3.67. The van der Waals surface area contributed by atoms with Gasteiger partial charge in [-0.25, -0.2) is 0 Å². The van der Waals surface area contributed by atoms with Crippen molar-refractivity contribution in [3.8, 4) is 22.6 Å². The van der Waals surface area contributed by atoms with Crippen LogP contribution in [0.5, 0.6) is 11.5 Å². The highest BCUT2D eigenvalue weighted by molar-refractivity contribution is 6.24. The van der Waals surface area contributed by atoms with Crippen LogP contribution in [-0.4, -0.2) is 82.3 Å². The van der Waals surface area contributed by atoms with Crippen LogP contribution in [0.3, 0.4) is 0 Å². The third-order valence-electron chi connectivity index (χ3n) is 8.15. The van der Waals surface area contributed by atoms with E-state index in [4.69, 9.17) is 10.5 Å². The van der Waals surface area contributed by atoms with Gasteiger partial charge in [-0.2, -0.15) is 0 Å². The molecule has 3 aliphatic rings. The van der Waals surface area contributed by atoms with Crippen LogP contribution in [0.4, 0.5) is 0 Å². The van der Waals surface area contributed by atoms with Gasteiger partial charge in [-0.1, -0.05) is 18.2 Å². The minimum absolute atomic E-state index is 0.0255. The highest BCUT2D eigenvalue weighted by Crippen LogP contribution is 2.53. The molecule has 0 heterocycles. The third kappa shape index (κ3) is 3.88. The predicted molar refractivity (Wildman–Crippen MR) is 144 cm³/mol. The minimum atomic E-state index is -2.67. The highest BCUT2D eigenvalue weighted by atomic mass is 16.5. The molecule has 2 aromatic rings. The van der Waals surface area contributed by atoms with Crippen LogP contribution in [0, 0.1) is 11.8 Å². The number of Topliss-reactive ketones (excluding diaryl/α,β-unsaturated/α-hetero) is 2. The summed E-state index contributed by atoms with van der Waals surface area (Å²) in [7, 11) is 4.94. The summed E-state index contributed by atoms with van der Waals surface area (Å²) in [6.07, 6.45) is 0.230. The van der Waals surface area contributed by atoms with E-state index < -0.39 is 58.0 Å². The standard InChI is InChI=1S/C29H31N3O8/c1-31-12-40-15-6-4-13(5-7-15)16-8-9-19(33)21-17(16)10-14-11-18-23(32(2)3)25(35)22(28(30)38)27(37)29(18,39)26(36)20(14)24(21)34/h4-9,14,18,23,31,33,35-36,39H,10-12H2,1-3H3,(H2,30,38)/t14-,18-,23-,29-/m0/s1. The number of amides is 1. The van der Waals surface area contributed by atoms with E-state index in [-0.39, 0.29) is 29.7 Å². The first-order valence-corrected chi connectivity index (χ1v) is 12.8. The Balaban J connectivity index is 1.65. The molecule has 0 fully saturated rings. The molecule has 4 atom stereocenters. The highest BCUT2D eigenvalue weighted by Gasteiger charge is 2.63. The van der Waals surface area contributed by atoms with Crippen molar-refractivity contribution >= 4 is 17.5 Å². The summed E-state index contributed by atoms with van der Waals surface area (Å²) in [5, 5.41) is 47.6. The molecule has 5 rings (SSSR count). The molecule has 0 unspecified atom stereocenters. The number of aliphatic hydroxyl groups is 3. The van der Waals surface area contributed by atoms with Crippen molar-refractivity contribution in [1.82, 2.24) is 10.2 Å². The lowest BCUT2D eigenvalue weighted by atomic mass is 9.58. The van der Waals surface area contributed by atoms with Gasteiger partial charge in [-0.15, -0.1) is 0 Å². The molecule has 0 bridgehead atoms. The smallest absolute Gasteiger partial charge is 0.255 e. The number of rotatable bonds is 6. The number of ketones is 2. The maximum atomic E-state index is 13.9. The maximum absolute atomic E-state index is 13.9. The topological polar surface area (TPSA) is 183 Å². The number of fused-ring (bicyclic) bond motifs is 3. The second kappa shape index (κ2) is 9.77. The number of nitrogens with zero attached hydrogens (tertiary/aromatic N) is 1. The molecule has 0 aromatic heterocycles. The van der Waals surface area contributed by atoms with Gasteiger partial charge in [0.1, 0.15) is 35.3 Å². The first-order chi connectivity index (χ1) is 18.9. The van der Waals surface area contributed by atoms with E-state index in [1.165, 1.54) is 11.0 Å². The number of allylic oxidation sites excluding steroid dienone is 1. The zero-order valence-corrected chi connectivity index (χ0v) is 22.3. The molecular formula is C29H31N3O8. The van der Waals surface area contributed by atoms with Gasteiger partial charge in [-0.05, 0) is 74.8 Å². The number of ether oxygens (including phenoxy) is 1. The van der Waals surface area contributed by atoms with Crippen molar-refractivity contribution in [2.24, 2.45) is 17.6 Å². The van der Waals surface area contributed by atoms with Crippen LogP contribution < -0.4 is 15.8 Å². The number of phenolic OH excluding ortho intramolecular Hbond substituents is 1. The number of nitrogens with two attached hydrogens (primary N) is 1. The van der Waals surface area contributed by atoms with E-state index in [0.29, 0.717) is 23.6 Å². The zero-order chi connectivity index (χ0) is 29.1. The molecule has 11 nitrogen and oxygen atoms in total. The van der Waals surface area contributed by atoms with Crippen LogP contribution in [0.1, 0.15) is 22.3 Å². The molecule has 0 spiro atoms. The molecule has 0 aliphatic heterocycles. The van der Waals surface area contributed by atoms with E-state index in [1.54, 1.807) is 39.3 Å². The van der Waals surface area contributed by atoms with Gasteiger partial charge in [0.05, 0.1) is 11.6 Å². The number of hydrogen-bond donors (Lipinski definition) is 6. The Hall–Kier alpha value is -4.19. The SMILES string of the molecule is CNCOc1ccc(-c2ccc(O)c3c2C[C@H]2C[C@H]4[C@H](N(C)C)C(O)=C(C(N)=O)C(=O)[C@@]4(O)C(O)=C2C3=O)cc1. The number of nitrogens with one attached hydrogen (secondary N) is 1. The number of carbonyl (C=O) groups is 3. The molecule has 3 aliphatic carbocycles. The Morgan fingerprint density at radius 3 is 2.40 bits per heavy atom. The van der Waals surface area contributed by atoms with E-state index in [0.717, 1.165) is 5.56 Å². The monoisotopic (exact) mass is 549 g/mol. The number of carbonyl (C=O) groups excluding carboxylic acids is 3. The Morgan fingerprint density at radius 2 is 1.80 bits per heavy atom. The fourth-order valence-electron chi connectivity index (χ4n) is 6.41. The van der Waals surface area contributed by atoms with Crippen molar-refractivity contribution in [1.29, 1.82) is 0 Å². The summed E-state index contributed by atoms with van der Waals surface area (Å²) in [6, 6.07) is 9.29. The van der Waals surface area contributed by atoms with Gasteiger partial charge in [0.15, 0.2) is 11.4 Å². The van der Waals surface area contributed by atoms with Crippen LogP contribution in [-0.2, 0) is 16.0 Å². The van der Waals surface area contributed by atoms with Gasteiger partial charge in [0, 0.05) is 11.5 Å². The molecule has 7 N–H and O–H groups in total. The van der Waals surface area contributed by atoms with Crippen LogP contribution in [0.2, 0.25) is 0 Å². The Kier molecular flexibility index (Phi) is 6.69. The van der Waals surface area contributed by atoms with Crippen LogP contribution >= 0.6 is 0 Å². The summed E-state index contributed by atoms with van der Waals surface area (Å²) in [4.78, 5) is 40.9. The van der Waals surface area contributed by atoms with Crippen molar-refractivity contribution in [2.75, 3.05) is 27.9 Å². The van der Waals surface area contributed by atoms with Gasteiger partial charge in [0.2, 0.25) is 5.78 Å². The Labute approximate surface area is 230 Å². The predicted octanol–water partition coefficient (Wildman–Crippen LogP) is 1.34. The molecule has 1 amide bonds. The van der Waals surface area contributed by atoms with Gasteiger partial charge >= 0.3 is 0 Å². The summed E-state index contributed by atoms with van der Waals surface area (Å²) < 4.78 is 5.56. The fraction of sp³-hybridized carbons (Fsp3) is 0.345. The third-order valence-corrected chi connectivity index (χ3v) is 8.15. The molecule has 11 heteroatoms. The zero-order valence-electron chi connectivity index (χ0n) is 22.3. The molecule has 2 aromatic carbocycles. The lowest BCUT2D eigenvalue weighted by molar-refractivity contribution is -0.148. The second-order valence-electron chi connectivity index (χ2n) is 10.6. The Bertz CT molecular complexity index is 1490. The largest absolute Gasteiger partial charge is 0.510 e. The molecule has 0 saturated carbocycles. The summed E-state index contributed by atoms with van der Waals surface area (Å²) >= 11 is 0. The summed E-state index contributed by atoms with van der Waals surface area (Å²) in [5.74, 6) is -6.12. The van der Waals surface area contributed by atoms with E-state index >= 15 is 0 Å². The summed E-state index contributed by atoms with van der Waals surface area (Å²) in [6.45, 7) is 0.332. The van der Waals surface area contributed by atoms with Crippen molar-refractivity contribution < 1.29 is 39.5 Å². The number of hydrogen-bond acceptors (Lipinski definition) is 10. The second-order valence-corrected chi connectivity index (χ2v) is 10.6. The van der Waals surface area contributed by atoms with E-state index in [9.17, 15) is 34.8 Å². The lowest BCUT2D eigenvalue weighted by Gasteiger charge is -2.50. The van der Waals surface area contributed by atoms with Crippen LogP contribution in [0.15, 0.2) is 59.1 Å². The minimum Gasteiger partial charge on any atom is -0.510 e. The van der Waals surface area contributed by atoms with Crippen molar-refractivity contribution in [3.05, 3.63) is 70.2 Å². The van der Waals surface area contributed by atoms with Crippen molar-refractivity contribution in [3.63, 3.8) is 0 Å². The van der Waals surface area contributed by atoms with Gasteiger partial charge in [0.25, 0.3) is 5.91 Å². The normalized spacial score (nSPS) is 26.0. The average molecular weight is 550 g/mol. The quantitative estimate of drug-likeness (QED) is 0.227. The molecular weight excluding hydrogens is 518 g/mol. The molecule has 0 radical (unpaired) electrons. The van der Waals surface area contributed by atoms with Crippen LogP contribution in [0.25, 0.3) is 11.1 Å². The number of primary amides is 1. The average Bonchev–Trinajstić information content (AvgIpc) is 2.89. The fourth-order valence-corrected chi connectivity index (χ4v) is 6.41. The number of aromatic hydroxyl groups is 1. The first-order valence-electron chi connectivity index (χ1n) is 12.8. The lowest BCUT2D eigenvalue weighted by Crippen LogP contribution is -2.63. The number of phenols is 1. The van der Waals surface area contributed by atoms with Crippen molar-refractivity contribution in [2.45, 2.75) is 24.5 Å². The van der Waals surface area contributed by atoms with Gasteiger partial charge in [-0.3, -0.25) is 24.6 Å². The number of likely N-dealkylation sites (N-methyl/N-ethyl adjacent to an activating group) is 1. The number of aliphatic hydroxyl groups excluding tert-OH is 2. The Morgan fingerprint density at radius 1 is 1.12 bits per heavy atom. The van der Waals surface area contributed by atoms with Gasteiger partial charge < -0.3 is 30.9 Å². The maximum Gasteiger partial charge on any atom is 0.255 e. The molecule has 0 saturated heterocycles. The molecule has 40 heavy (non-hydrogen) atoms. The number of benzene rings is 2. The first kappa shape index (κ1) is 27.4. The molecule has 210 valence electrons.